The molecule has 16 heavy (non-hydrogen) atoms. The third-order valence-corrected chi connectivity index (χ3v) is 2.88. The molecule has 0 aliphatic carbocycles. The van der Waals surface area contributed by atoms with Crippen molar-refractivity contribution in [2.75, 3.05) is 12.0 Å². The van der Waals surface area contributed by atoms with E-state index in [4.69, 9.17) is 10.5 Å². The number of nitrogens with two attached hydrogens (primary N) is 1. The Balaban J connectivity index is 2.54. The van der Waals surface area contributed by atoms with E-state index in [1.165, 1.54) is 0 Å². The van der Waals surface area contributed by atoms with Gasteiger partial charge in [0, 0.05) is 0 Å². The maximum atomic E-state index is 11.6. The number of benzene rings is 1. The number of hydrogen-bond acceptors (Lipinski definition) is 4. The summed E-state index contributed by atoms with van der Waals surface area (Å²) in [5.74, 6) is 1.10. The molecule has 88 valence electrons. The first kappa shape index (κ1) is 13.1. The summed E-state index contributed by atoms with van der Waals surface area (Å²) in [6.45, 7) is 1.90. The van der Waals surface area contributed by atoms with Crippen LogP contribution in [0, 0.1) is 6.92 Å². The molecule has 1 atom stereocenters. The lowest BCUT2D eigenvalue weighted by molar-refractivity contribution is -0.135. The molecule has 0 aliphatic heterocycles. The first-order chi connectivity index (χ1) is 7.65. The normalized spacial score (nSPS) is 12.2. The van der Waals surface area contributed by atoms with Gasteiger partial charge in [0.1, 0.15) is 11.8 Å². The lowest BCUT2D eigenvalue weighted by Gasteiger charge is -2.11. The van der Waals surface area contributed by atoms with Gasteiger partial charge in [0.25, 0.3) is 0 Å². The molecule has 0 heterocycles. The fourth-order valence-corrected chi connectivity index (χ4v) is 1.71. The first-order valence-electron chi connectivity index (χ1n) is 5.17. The van der Waals surface area contributed by atoms with Gasteiger partial charge in [-0.15, -0.1) is 0 Å². The van der Waals surface area contributed by atoms with Gasteiger partial charge in [-0.25, -0.2) is 4.79 Å². The Hall–Kier alpha value is -1.00. The predicted molar refractivity (Wildman–Crippen MR) is 67.8 cm³/mol. The molecule has 4 heteroatoms. The molecule has 0 amide bonds. The zero-order chi connectivity index (χ0) is 12.0. The van der Waals surface area contributed by atoms with Crippen molar-refractivity contribution in [1.29, 1.82) is 0 Å². The van der Waals surface area contributed by atoms with E-state index < -0.39 is 6.04 Å². The largest absolute Gasteiger partial charge is 0.425 e. The van der Waals surface area contributed by atoms with E-state index in [9.17, 15) is 4.79 Å². The number of para-hydroxylation sites is 1. The number of rotatable bonds is 5. The molecule has 0 unspecified atom stereocenters. The zero-order valence-corrected chi connectivity index (χ0v) is 10.4. The molecule has 0 fully saturated rings. The third-order valence-electron chi connectivity index (χ3n) is 2.24. The van der Waals surface area contributed by atoms with Crippen LogP contribution < -0.4 is 10.5 Å². The van der Waals surface area contributed by atoms with Crippen molar-refractivity contribution >= 4 is 17.7 Å². The van der Waals surface area contributed by atoms with Crippen LogP contribution in [-0.4, -0.2) is 24.0 Å². The predicted octanol–water partition coefficient (Wildman–Crippen LogP) is 1.98. The molecule has 0 bridgehead atoms. The zero-order valence-electron chi connectivity index (χ0n) is 9.60. The second-order valence-electron chi connectivity index (χ2n) is 3.57. The minimum absolute atomic E-state index is 0.358. The number of carbonyl (C=O) groups is 1. The summed E-state index contributed by atoms with van der Waals surface area (Å²) in [7, 11) is 0. The highest BCUT2D eigenvalue weighted by atomic mass is 32.2. The molecule has 1 aromatic carbocycles. The number of carbonyl (C=O) groups excluding carboxylic acids is 1. The number of hydrogen-bond donors (Lipinski definition) is 1. The molecule has 1 rings (SSSR count). The number of esters is 1. The molecule has 0 saturated carbocycles. The topological polar surface area (TPSA) is 52.3 Å². The average Bonchev–Trinajstić information content (AvgIpc) is 2.28. The van der Waals surface area contributed by atoms with Gasteiger partial charge in [-0.1, -0.05) is 18.2 Å². The SMILES string of the molecule is CSCC[C@H](N)C(=O)Oc1ccccc1C. The van der Waals surface area contributed by atoms with E-state index in [1.54, 1.807) is 17.8 Å². The van der Waals surface area contributed by atoms with Crippen LogP contribution in [0.25, 0.3) is 0 Å². The molecule has 0 aliphatic rings. The van der Waals surface area contributed by atoms with Crippen LogP contribution in [0.4, 0.5) is 0 Å². The summed E-state index contributed by atoms with van der Waals surface area (Å²) in [4.78, 5) is 11.6. The Kier molecular flexibility index (Phi) is 5.35. The van der Waals surface area contributed by atoms with Crippen molar-refractivity contribution in [2.45, 2.75) is 19.4 Å². The van der Waals surface area contributed by atoms with Crippen LogP contribution in [0.3, 0.4) is 0 Å². The number of aryl methyl sites for hydroxylation is 1. The Morgan fingerprint density at radius 1 is 1.50 bits per heavy atom. The molecule has 0 saturated heterocycles. The Morgan fingerprint density at radius 3 is 2.81 bits per heavy atom. The summed E-state index contributed by atoms with van der Waals surface area (Å²) in [5, 5.41) is 0. The smallest absolute Gasteiger partial charge is 0.328 e. The van der Waals surface area contributed by atoms with Crippen LogP contribution in [-0.2, 0) is 4.79 Å². The molecule has 1 aromatic rings. The highest BCUT2D eigenvalue weighted by molar-refractivity contribution is 7.98. The molecule has 3 nitrogen and oxygen atoms in total. The lowest BCUT2D eigenvalue weighted by Crippen LogP contribution is -2.34. The molecule has 0 aromatic heterocycles. The van der Waals surface area contributed by atoms with Crippen molar-refractivity contribution in [1.82, 2.24) is 0 Å². The van der Waals surface area contributed by atoms with Gasteiger partial charge >= 0.3 is 5.97 Å². The van der Waals surface area contributed by atoms with E-state index in [0.717, 1.165) is 11.3 Å². The molecule has 0 spiro atoms. The maximum absolute atomic E-state index is 11.6. The minimum atomic E-state index is -0.535. The van der Waals surface area contributed by atoms with Crippen molar-refractivity contribution in [3.8, 4) is 5.75 Å². The van der Waals surface area contributed by atoms with Gasteiger partial charge in [0.2, 0.25) is 0 Å². The third kappa shape index (κ3) is 3.87. The quantitative estimate of drug-likeness (QED) is 0.630. The monoisotopic (exact) mass is 239 g/mol. The molecule has 0 radical (unpaired) electrons. The minimum Gasteiger partial charge on any atom is -0.425 e. The van der Waals surface area contributed by atoms with Gasteiger partial charge in [0.15, 0.2) is 0 Å². The van der Waals surface area contributed by atoms with E-state index in [0.29, 0.717) is 12.2 Å². The summed E-state index contributed by atoms with van der Waals surface area (Å²) >= 11 is 1.67. The van der Waals surface area contributed by atoms with Gasteiger partial charge in [0.05, 0.1) is 0 Å². The van der Waals surface area contributed by atoms with Crippen LogP contribution in [0.1, 0.15) is 12.0 Å². The Bertz CT molecular complexity index is 355. The van der Waals surface area contributed by atoms with Gasteiger partial charge in [-0.2, -0.15) is 11.8 Å². The molecular weight excluding hydrogens is 222 g/mol. The van der Waals surface area contributed by atoms with Crippen molar-refractivity contribution < 1.29 is 9.53 Å². The van der Waals surface area contributed by atoms with Crippen molar-refractivity contribution in [3.05, 3.63) is 29.8 Å². The highest BCUT2D eigenvalue weighted by Gasteiger charge is 2.15. The number of thioether (sulfide) groups is 1. The summed E-state index contributed by atoms with van der Waals surface area (Å²) < 4.78 is 5.23. The second kappa shape index (κ2) is 6.55. The average molecular weight is 239 g/mol. The van der Waals surface area contributed by atoms with Crippen molar-refractivity contribution in [2.24, 2.45) is 5.73 Å². The van der Waals surface area contributed by atoms with Gasteiger partial charge < -0.3 is 10.5 Å². The lowest BCUT2D eigenvalue weighted by atomic mass is 10.2. The van der Waals surface area contributed by atoms with Crippen LogP contribution >= 0.6 is 11.8 Å². The second-order valence-corrected chi connectivity index (χ2v) is 4.56. The summed E-state index contributed by atoms with van der Waals surface area (Å²) in [6.07, 6.45) is 2.63. The maximum Gasteiger partial charge on any atom is 0.328 e. The van der Waals surface area contributed by atoms with E-state index in [-0.39, 0.29) is 5.97 Å². The Labute approximate surface area is 100 Å². The fourth-order valence-electron chi connectivity index (χ4n) is 1.22. The molecular formula is C12H17NO2S. The molecule has 2 N–H and O–H groups in total. The van der Waals surface area contributed by atoms with Crippen LogP contribution in [0.2, 0.25) is 0 Å². The van der Waals surface area contributed by atoms with E-state index in [2.05, 4.69) is 0 Å². The standard InChI is InChI=1S/C12H17NO2S/c1-9-5-3-4-6-11(9)15-12(14)10(13)7-8-16-2/h3-6,10H,7-8,13H2,1-2H3/t10-/m0/s1. The summed E-state index contributed by atoms with van der Waals surface area (Å²) in [6, 6.07) is 6.88. The van der Waals surface area contributed by atoms with Gasteiger partial charge in [-0.3, -0.25) is 0 Å². The van der Waals surface area contributed by atoms with Crippen LogP contribution in [0.5, 0.6) is 5.75 Å². The van der Waals surface area contributed by atoms with E-state index in [1.807, 2.05) is 31.4 Å². The van der Waals surface area contributed by atoms with Crippen LogP contribution in [0.15, 0.2) is 24.3 Å². The van der Waals surface area contributed by atoms with Crippen molar-refractivity contribution in [3.63, 3.8) is 0 Å². The first-order valence-corrected chi connectivity index (χ1v) is 6.56. The number of ether oxygens (including phenoxy) is 1. The fraction of sp³-hybridized carbons (Fsp3) is 0.417. The summed E-state index contributed by atoms with van der Waals surface area (Å²) in [5.41, 5.74) is 6.65. The highest BCUT2D eigenvalue weighted by Crippen LogP contribution is 2.16. The van der Waals surface area contributed by atoms with E-state index >= 15 is 0 Å². The van der Waals surface area contributed by atoms with Gasteiger partial charge in [-0.05, 0) is 37.0 Å². The Morgan fingerprint density at radius 2 is 2.19 bits per heavy atom.